The molecule has 0 spiro atoms. The quantitative estimate of drug-likeness (QED) is 0.433. The zero-order chi connectivity index (χ0) is 18.8. The van der Waals surface area contributed by atoms with E-state index < -0.39 is 0 Å². The molecule has 140 valence electrons. The topological polar surface area (TPSA) is 59.8 Å². The number of aryl methyl sites for hydroxylation is 1. The third-order valence-electron chi connectivity index (χ3n) is 4.72. The van der Waals surface area contributed by atoms with Gasteiger partial charge in [0.2, 0.25) is 5.13 Å². The summed E-state index contributed by atoms with van der Waals surface area (Å²) in [7, 11) is 0. The summed E-state index contributed by atoms with van der Waals surface area (Å²) in [6.07, 6.45) is 2.45. The van der Waals surface area contributed by atoms with E-state index in [2.05, 4.69) is 46.1 Å². The summed E-state index contributed by atoms with van der Waals surface area (Å²) in [5, 5.41) is 12.4. The number of rotatable bonds is 8. The number of carbonyl (C=O) groups excluding carboxylic acids is 1. The molecule has 5 nitrogen and oxygen atoms in total. The van der Waals surface area contributed by atoms with Crippen LogP contribution in [0, 0.1) is 13.8 Å². The van der Waals surface area contributed by atoms with Gasteiger partial charge in [-0.1, -0.05) is 53.4 Å². The molecule has 0 radical (unpaired) electrons. The fourth-order valence-corrected chi connectivity index (χ4v) is 4.90. The van der Waals surface area contributed by atoms with E-state index in [0.717, 1.165) is 20.7 Å². The van der Waals surface area contributed by atoms with Gasteiger partial charge in [0.05, 0.1) is 5.75 Å². The maximum Gasteiger partial charge on any atom is 0.206 e. The highest BCUT2D eigenvalue weighted by Crippen LogP contribution is 2.38. The molecule has 4 rings (SSSR count). The summed E-state index contributed by atoms with van der Waals surface area (Å²) in [5.74, 6) is 0.552. The van der Waals surface area contributed by atoms with E-state index in [4.69, 9.17) is 0 Å². The smallest absolute Gasteiger partial charge is 0.206 e. The van der Waals surface area contributed by atoms with Crippen LogP contribution >= 0.6 is 23.1 Å². The Hall–Kier alpha value is -2.12. The zero-order valence-electron chi connectivity index (χ0n) is 15.4. The highest BCUT2D eigenvalue weighted by Gasteiger charge is 2.28. The third-order valence-corrected chi connectivity index (χ3v) is 6.73. The molecule has 0 amide bonds. The summed E-state index contributed by atoms with van der Waals surface area (Å²) < 4.78 is 3.13. The molecule has 0 bridgehead atoms. The highest BCUT2D eigenvalue weighted by atomic mass is 32.2. The molecule has 3 aromatic rings. The summed E-state index contributed by atoms with van der Waals surface area (Å²) in [4.78, 5) is 12.7. The number of thioether (sulfide) groups is 1. The lowest BCUT2D eigenvalue weighted by Crippen LogP contribution is -2.05. The molecule has 1 aliphatic carbocycles. The van der Waals surface area contributed by atoms with Crippen LogP contribution in [-0.4, -0.2) is 26.3 Å². The van der Waals surface area contributed by atoms with Gasteiger partial charge in [0.1, 0.15) is 0 Å². The van der Waals surface area contributed by atoms with Crippen LogP contribution in [0.25, 0.3) is 0 Å². The van der Waals surface area contributed by atoms with Gasteiger partial charge >= 0.3 is 0 Å². The molecular weight excluding hydrogens is 376 g/mol. The molecule has 7 heteroatoms. The number of Topliss-reactive ketones (excluding diaryl/α,β-unsaturated/α-hetero) is 1. The Morgan fingerprint density at radius 1 is 1.26 bits per heavy atom. The minimum atomic E-state index is 0.161. The van der Waals surface area contributed by atoms with Crippen molar-refractivity contribution in [2.24, 2.45) is 0 Å². The van der Waals surface area contributed by atoms with Crippen LogP contribution in [-0.2, 0) is 6.54 Å². The molecule has 0 aliphatic heterocycles. The van der Waals surface area contributed by atoms with Gasteiger partial charge in [-0.2, -0.15) is 0 Å². The molecule has 1 N–H and O–H groups in total. The van der Waals surface area contributed by atoms with Gasteiger partial charge < -0.3 is 9.88 Å². The standard InChI is InChI=1S/C20H22N4OS2/c1-13-10-17(14(2)24(13)16-8-9-16)18(25)12-26-20-23-22-19(27-20)21-11-15-6-4-3-5-7-15/h3-7,10,16H,8-9,11-12H2,1-2H3,(H,21,22). The number of nitrogens with one attached hydrogen (secondary N) is 1. The molecule has 0 atom stereocenters. The van der Waals surface area contributed by atoms with Crippen LogP contribution < -0.4 is 5.32 Å². The van der Waals surface area contributed by atoms with E-state index in [-0.39, 0.29) is 5.78 Å². The molecule has 1 fully saturated rings. The van der Waals surface area contributed by atoms with Crippen molar-refractivity contribution in [3.05, 3.63) is 58.9 Å². The Morgan fingerprint density at radius 2 is 2.04 bits per heavy atom. The Labute approximate surface area is 167 Å². The van der Waals surface area contributed by atoms with Crippen molar-refractivity contribution in [3.8, 4) is 0 Å². The van der Waals surface area contributed by atoms with Crippen molar-refractivity contribution in [1.82, 2.24) is 14.8 Å². The van der Waals surface area contributed by atoms with E-state index in [9.17, 15) is 4.79 Å². The van der Waals surface area contributed by atoms with E-state index in [1.165, 1.54) is 47.2 Å². The van der Waals surface area contributed by atoms with Crippen LogP contribution in [0.5, 0.6) is 0 Å². The van der Waals surface area contributed by atoms with E-state index in [1.807, 2.05) is 24.3 Å². The third kappa shape index (κ3) is 4.25. The maximum atomic E-state index is 12.7. The summed E-state index contributed by atoms with van der Waals surface area (Å²) >= 11 is 2.95. The maximum absolute atomic E-state index is 12.7. The summed E-state index contributed by atoms with van der Waals surface area (Å²) in [6.45, 7) is 4.86. The number of hydrogen-bond acceptors (Lipinski definition) is 6. The van der Waals surface area contributed by atoms with E-state index in [0.29, 0.717) is 18.3 Å². The largest absolute Gasteiger partial charge is 0.356 e. The monoisotopic (exact) mass is 398 g/mol. The lowest BCUT2D eigenvalue weighted by Gasteiger charge is -2.07. The Bertz CT molecular complexity index is 944. The number of ketones is 1. The second-order valence-corrected chi connectivity index (χ2v) is 9.01. The van der Waals surface area contributed by atoms with Crippen molar-refractivity contribution in [2.45, 2.75) is 43.6 Å². The van der Waals surface area contributed by atoms with Gasteiger partial charge in [-0.05, 0) is 38.3 Å². The van der Waals surface area contributed by atoms with Crippen LogP contribution in [0.15, 0.2) is 40.7 Å². The normalized spacial score (nSPS) is 13.7. The molecule has 1 aliphatic rings. The number of benzene rings is 1. The van der Waals surface area contributed by atoms with Gasteiger partial charge in [0, 0.05) is 29.5 Å². The molecule has 1 aromatic carbocycles. The molecule has 0 unspecified atom stereocenters. The number of nitrogens with zero attached hydrogens (tertiary/aromatic N) is 3. The molecule has 1 saturated carbocycles. The highest BCUT2D eigenvalue weighted by molar-refractivity contribution is 8.01. The van der Waals surface area contributed by atoms with Gasteiger partial charge in [0.25, 0.3) is 0 Å². The number of hydrogen-bond donors (Lipinski definition) is 1. The van der Waals surface area contributed by atoms with Crippen LogP contribution in [0.1, 0.15) is 46.2 Å². The first-order valence-electron chi connectivity index (χ1n) is 9.07. The van der Waals surface area contributed by atoms with E-state index >= 15 is 0 Å². The molecule has 2 aromatic heterocycles. The molecule has 2 heterocycles. The van der Waals surface area contributed by atoms with Crippen LogP contribution in [0.2, 0.25) is 0 Å². The first-order chi connectivity index (χ1) is 13.1. The molecule has 0 saturated heterocycles. The van der Waals surface area contributed by atoms with Gasteiger partial charge in [-0.25, -0.2) is 0 Å². The number of carbonyl (C=O) groups is 1. The fourth-order valence-electron chi connectivity index (χ4n) is 3.27. The molecule has 27 heavy (non-hydrogen) atoms. The average Bonchev–Trinajstić information content (AvgIpc) is 3.32. The first-order valence-corrected chi connectivity index (χ1v) is 10.9. The van der Waals surface area contributed by atoms with Crippen molar-refractivity contribution in [3.63, 3.8) is 0 Å². The van der Waals surface area contributed by atoms with Gasteiger partial charge in [-0.3, -0.25) is 4.79 Å². The predicted octanol–water partition coefficient (Wildman–Crippen LogP) is 4.88. The molecular formula is C20H22N4OS2. The second-order valence-electron chi connectivity index (χ2n) is 6.81. The summed E-state index contributed by atoms with van der Waals surface area (Å²) in [6, 6.07) is 12.8. The zero-order valence-corrected chi connectivity index (χ0v) is 17.1. The SMILES string of the molecule is Cc1cc(C(=O)CSc2nnc(NCc3ccccc3)s2)c(C)n1C1CC1. The first kappa shape index (κ1) is 18.3. The van der Waals surface area contributed by atoms with Crippen molar-refractivity contribution >= 4 is 34.0 Å². The van der Waals surface area contributed by atoms with Gasteiger partial charge in [0.15, 0.2) is 10.1 Å². The van der Waals surface area contributed by atoms with Crippen LogP contribution in [0.3, 0.4) is 0 Å². The van der Waals surface area contributed by atoms with E-state index in [1.54, 1.807) is 0 Å². The lowest BCUT2D eigenvalue weighted by molar-refractivity contribution is 0.102. The van der Waals surface area contributed by atoms with Crippen LogP contribution in [0.4, 0.5) is 5.13 Å². The number of anilines is 1. The van der Waals surface area contributed by atoms with Gasteiger partial charge in [-0.15, -0.1) is 10.2 Å². The Morgan fingerprint density at radius 3 is 2.78 bits per heavy atom. The Balaban J connectivity index is 1.33. The fraction of sp³-hybridized carbons (Fsp3) is 0.350. The predicted molar refractivity (Wildman–Crippen MR) is 111 cm³/mol. The Kier molecular flexibility index (Phi) is 5.31. The summed E-state index contributed by atoms with van der Waals surface area (Å²) in [5.41, 5.74) is 4.33. The minimum absolute atomic E-state index is 0.161. The average molecular weight is 399 g/mol. The minimum Gasteiger partial charge on any atom is -0.356 e. The van der Waals surface area contributed by atoms with Crippen molar-refractivity contribution in [1.29, 1.82) is 0 Å². The second kappa shape index (κ2) is 7.86. The lowest BCUT2D eigenvalue weighted by atomic mass is 10.2. The number of aromatic nitrogens is 3. The van der Waals surface area contributed by atoms with Crippen molar-refractivity contribution in [2.75, 3.05) is 11.1 Å². The van der Waals surface area contributed by atoms with Crippen molar-refractivity contribution < 1.29 is 4.79 Å².